The predicted molar refractivity (Wildman–Crippen MR) is 109 cm³/mol. The van der Waals surface area contributed by atoms with Crippen LogP contribution in [-0.4, -0.2) is 31.1 Å². The lowest BCUT2D eigenvalue weighted by atomic mass is 10.1. The number of benzene rings is 2. The number of aryl methyl sites for hydroxylation is 3. The Morgan fingerprint density at radius 2 is 2.00 bits per heavy atom. The molecule has 0 aromatic heterocycles. The standard InChI is InChI=1S/C22H27N3O2/c1-15-6-4-7-18(12-15)21(26)25-22(23-14-20-8-5-11-27-20)24-19-10-9-16(2)17(3)13-19/h4,6-7,9-10,12-13,20H,5,8,11,14H2,1-3H3,(H2,23,24,25,26)/t20-/m1/s1. The molecular weight excluding hydrogens is 338 g/mol. The first-order valence-corrected chi connectivity index (χ1v) is 9.39. The minimum atomic E-state index is -0.180. The molecule has 5 heteroatoms. The van der Waals surface area contributed by atoms with Gasteiger partial charge in [0, 0.05) is 17.9 Å². The van der Waals surface area contributed by atoms with Gasteiger partial charge in [-0.2, -0.15) is 0 Å². The van der Waals surface area contributed by atoms with Gasteiger partial charge in [-0.05, 0) is 69.0 Å². The number of anilines is 1. The van der Waals surface area contributed by atoms with E-state index in [1.54, 1.807) is 6.07 Å². The second-order valence-electron chi connectivity index (χ2n) is 7.07. The van der Waals surface area contributed by atoms with Gasteiger partial charge in [0.15, 0.2) is 0 Å². The third-order valence-corrected chi connectivity index (χ3v) is 4.76. The van der Waals surface area contributed by atoms with Crippen molar-refractivity contribution in [1.29, 1.82) is 0 Å². The van der Waals surface area contributed by atoms with Gasteiger partial charge < -0.3 is 10.1 Å². The maximum atomic E-state index is 12.7. The number of nitrogens with one attached hydrogen (secondary N) is 2. The summed E-state index contributed by atoms with van der Waals surface area (Å²) in [6, 6.07) is 13.6. The number of amides is 1. The lowest BCUT2D eigenvalue weighted by molar-refractivity contribution is 0.0975. The molecule has 1 aliphatic heterocycles. The second-order valence-corrected chi connectivity index (χ2v) is 7.07. The average molecular weight is 365 g/mol. The van der Waals surface area contributed by atoms with Gasteiger partial charge in [-0.1, -0.05) is 23.8 Å². The van der Waals surface area contributed by atoms with Gasteiger partial charge in [-0.15, -0.1) is 0 Å². The Kier molecular flexibility index (Phi) is 6.24. The van der Waals surface area contributed by atoms with E-state index in [9.17, 15) is 4.79 Å². The maximum Gasteiger partial charge on any atom is 0.257 e. The first-order valence-electron chi connectivity index (χ1n) is 9.39. The van der Waals surface area contributed by atoms with Gasteiger partial charge in [0.05, 0.1) is 12.6 Å². The number of ether oxygens (including phenoxy) is 1. The van der Waals surface area contributed by atoms with Crippen molar-refractivity contribution in [2.24, 2.45) is 4.99 Å². The van der Waals surface area contributed by atoms with Crippen molar-refractivity contribution in [3.63, 3.8) is 0 Å². The maximum absolute atomic E-state index is 12.7. The van der Waals surface area contributed by atoms with Gasteiger partial charge in [-0.3, -0.25) is 10.1 Å². The Balaban J connectivity index is 1.76. The fraction of sp³-hybridized carbons (Fsp3) is 0.364. The minimum absolute atomic E-state index is 0.123. The zero-order chi connectivity index (χ0) is 19.2. The molecule has 142 valence electrons. The molecule has 1 heterocycles. The highest BCUT2D eigenvalue weighted by atomic mass is 16.5. The van der Waals surface area contributed by atoms with Gasteiger partial charge >= 0.3 is 0 Å². The normalized spacial score (nSPS) is 17.0. The number of carbonyl (C=O) groups excluding carboxylic acids is 1. The molecule has 0 aliphatic carbocycles. The Morgan fingerprint density at radius 3 is 2.70 bits per heavy atom. The summed E-state index contributed by atoms with van der Waals surface area (Å²) in [4.78, 5) is 17.2. The lowest BCUT2D eigenvalue weighted by Crippen LogP contribution is -2.36. The molecule has 1 amide bonds. The topological polar surface area (TPSA) is 62.7 Å². The van der Waals surface area contributed by atoms with Crippen LogP contribution in [0.1, 0.15) is 39.9 Å². The van der Waals surface area contributed by atoms with Crippen LogP contribution in [0, 0.1) is 20.8 Å². The smallest absolute Gasteiger partial charge is 0.257 e. The molecule has 3 rings (SSSR count). The second kappa shape index (κ2) is 8.82. The summed E-state index contributed by atoms with van der Waals surface area (Å²) in [5.74, 6) is 0.265. The van der Waals surface area contributed by atoms with Crippen molar-refractivity contribution >= 4 is 17.6 Å². The zero-order valence-electron chi connectivity index (χ0n) is 16.2. The monoisotopic (exact) mass is 365 g/mol. The van der Waals surface area contributed by atoms with Crippen molar-refractivity contribution in [3.05, 3.63) is 64.7 Å². The first kappa shape index (κ1) is 19.1. The predicted octanol–water partition coefficient (Wildman–Crippen LogP) is 3.99. The van der Waals surface area contributed by atoms with E-state index < -0.39 is 0 Å². The van der Waals surface area contributed by atoms with E-state index in [-0.39, 0.29) is 12.0 Å². The summed E-state index contributed by atoms with van der Waals surface area (Å²) in [6.07, 6.45) is 2.19. The van der Waals surface area contributed by atoms with Crippen LogP contribution in [0.25, 0.3) is 0 Å². The fourth-order valence-electron chi connectivity index (χ4n) is 3.01. The van der Waals surface area contributed by atoms with Crippen molar-refractivity contribution in [3.8, 4) is 0 Å². The summed E-state index contributed by atoms with van der Waals surface area (Å²) in [5.41, 5.74) is 4.96. The van der Waals surface area contributed by atoms with Crippen LogP contribution in [0.3, 0.4) is 0 Å². The van der Waals surface area contributed by atoms with Gasteiger partial charge in [0.1, 0.15) is 0 Å². The minimum Gasteiger partial charge on any atom is -0.376 e. The molecule has 1 saturated heterocycles. The average Bonchev–Trinajstić information content (AvgIpc) is 3.16. The van der Waals surface area contributed by atoms with Crippen LogP contribution in [0.2, 0.25) is 0 Å². The quantitative estimate of drug-likeness (QED) is 0.636. The number of rotatable bonds is 4. The Labute approximate surface area is 160 Å². The summed E-state index contributed by atoms with van der Waals surface area (Å²) in [5, 5.41) is 6.16. The molecule has 5 nitrogen and oxygen atoms in total. The number of aliphatic imine (C=N–C) groups is 1. The zero-order valence-corrected chi connectivity index (χ0v) is 16.2. The van der Waals surface area contributed by atoms with Crippen molar-refractivity contribution < 1.29 is 9.53 Å². The SMILES string of the molecule is Cc1cccc(C(=O)NC(=NC[C@H]2CCCO2)Nc2ccc(C)c(C)c2)c1. The van der Waals surface area contributed by atoms with Crippen molar-refractivity contribution in [1.82, 2.24) is 5.32 Å². The first-order chi connectivity index (χ1) is 13.0. The third kappa shape index (κ3) is 5.41. The van der Waals surface area contributed by atoms with E-state index in [4.69, 9.17) is 4.74 Å². The number of nitrogens with zero attached hydrogens (tertiary/aromatic N) is 1. The fourth-order valence-corrected chi connectivity index (χ4v) is 3.01. The number of carbonyl (C=O) groups is 1. The molecule has 0 bridgehead atoms. The molecule has 1 fully saturated rings. The summed E-state index contributed by atoms with van der Waals surface area (Å²) >= 11 is 0. The number of guanidine groups is 1. The van der Waals surface area contributed by atoms with E-state index in [1.165, 1.54) is 11.1 Å². The molecule has 1 aliphatic rings. The van der Waals surface area contributed by atoms with Crippen LogP contribution in [-0.2, 0) is 4.74 Å². The largest absolute Gasteiger partial charge is 0.376 e. The molecule has 2 aromatic carbocycles. The third-order valence-electron chi connectivity index (χ3n) is 4.76. The molecule has 0 saturated carbocycles. The van der Waals surface area contributed by atoms with E-state index in [1.807, 2.05) is 31.2 Å². The van der Waals surface area contributed by atoms with Crippen LogP contribution < -0.4 is 10.6 Å². The van der Waals surface area contributed by atoms with E-state index in [2.05, 4.69) is 41.6 Å². The molecular formula is C22H27N3O2. The summed E-state index contributed by atoms with van der Waals surface area (Å²) in [6.45, 7) is 7.42. The van der Waals surface area contributed by atoms with Crippen molar-refractivity contribution in [2.75, 3.05) is 18.5 Å². The molecule has 2 N–H and O–H groups in total. The van der Waals surface area contributed by atoms with E-state index >= 15 is 0 Å². The molecule has 1 atom stereocenters. The van der Waals surface area contributed by atoms with Crippen LogP contribution in [0.5, 0.6) is 0 Å². The highest BCUT2D eigenvalue weighted by Crippen LogP contribution is 2.15. The Morgan fingerprint density at radius 1 is 1.15 bits per heavy atom. The highest BCUT2D eigenvalue weighted by Gasteiger charge is 2.16. The van der Waals surface area contributed by atoms with Gasteiger partial charge in [0.2, 0.25) is 5.96 Å². The number of hydrogen-bond acceptors (Lipinski definition) is 3. The highest BCUT2D eigenvalue weighted by molar-refractivity contribution is 6.10. The molecule has 0 unspecified atom stereocenters. The van der Waals surface area contributed by atoms with E-state index in [0.717, 1.165) is 30.7 Å². The van der Waals surface area contributed by atoms with E-state index in [0.29, 0.717) is 18.1 Å². The Hall–Kier alpha value is -2.66. The molecule has 2 aromatic rings. The number of hydrogen-bond donors (Lipinski definition) is 2. The molecule has 0 radical (unpaired) electrons. The summed E-state index contributed by atoms with van der Waals surface area (Å²) < 4.78 is 5.65. The van der Waals surface area contributed by atoms with Gasteiger partial charge in [-0.25, -0.2) is 4.99 Å². The summed E-state index contributed by atoms with van der Waals surface area (Å²) in [7, 11) is 0. The Bertz CT molecular complexity index is 839. The van der Waals surface area contributed by atoms with Crippen LogP contribution >= 0.6 is 0 Å². The molecule has 0 spiro atoms. The van der Waals surface area contributed by atoms with Crippen LogP contribution in [0.4, 0.5) is 5.69 Å². The van der Waals surface area contributed by atoms with Gasteiger partial charge in [0.25, 0.3) is 5.91 Å². The van der Waals surface area contributed by atoms with Crippen LogP contribution in [0.15, 0.2) is 47.5 Å². The molecule has 27 heavy (non-hydrogen) atoms. The van der Waals surface area contributed by atoms with Crippen molar-refractivity contribution in [2.45, 2.75) is 39.7 Å². The lowest BCUT2D eigenvalue weighted by Gasteiger charge is -2.14.